The average Bonchev–Trinajstić information content (AvgIpc) is 3.13. The summed E-state index contributed by atoms with van der Waals surface area (Å²) < 4.78 is 10.6. The highest BCUT2D eigenvalue weighted by Crippen LogP contribution is 2.23. The smallest absolute Gasteiger partial charge is 0.322 e. The Morgan fingerprint density at radius 3 is 2.50 bits per heavy atom. The van der Waals surface area contributed by atoms with Gasteiger partial charge in [0.15, 0.2) is 0 Å². The molecule has 0 fully saturated rings. The fourth-order valence-corrected chi connectivity index (χ4v) is 3.46. The molecule has 0 spiro atoms. The second kappa shape index (κ2) is 9.30. The van der Waals surface area contributed by atoms with Crippen molar-refractivity contribution in [3.63, 3.8) is 0 Å². The highest BCUT2D eigenvalue weighted by atomic mass is 32.2. The van der Waals surface area contributed by atoms with E-state index in [9.17, 15) is 4.79 Å². The predicted molar refractivity (Wildman–Crippen MR) is 103 cm³/mol. The fraction of sp³-hybridized carbons (Fsp3) is 0.167. The molecule has 134 valence electrons. The summed E-state index contributed by atoms with van der Waals surface area (Å²) in [5.74, 6) is 1.86. The summed E-state index contributed by atoms with van der Waals surface area (Å²) in [6, 6.07) is 17.6. The van der Waals surface area contributed by atoms with Crippen LogP contribution in [-0.4, -0.2) is 29.0 Å². The first-order valence-corrected chi connectivity index (χ1v) is 9.77. The van der Waals surface area contributed by atoms with Crippen LogP contribution in [-0.2, 0) is 10.5 Å². The minimum Gasteiger partial charge on any atom is -0.497 e. The number of hydrogen-bond acceptors (Lipinski definition) is 7. The maximum absolute atomic E-state index is 12.0. The Kier molecular flexibility index (Phi) is 6.56. The van der Waals surface area contributed by atoms with Gasteiger partial charge in [0.1, 0.15) is 5.75 Å². The zero-order chi connectivity index (χ0) is 18.2. The number of nitrogens with zero attached hydrogens (tertiary/aromatic N) is 2. The van der Waals surface area contributed by atoms with Crippen molar-refractivity contribution >= 4 is 35.4 Å². The third-order valence-electron chi connectivity index (χ3n) is 3.25. The van der Waals surface area contributed by atoms with E-state index in [0.717, 1.165) is 15.5 Å². The highest BCUT2D eigenvalue weighted by molar-refractivity contribution is 8.00. The van der Waals surface area contributed by atoms with Crippen molar-refractivity contribution in [2.24, 2.45) is 0 Å². The van der Waals surface area contributed by atoms with Crippen molar-refractivity contribution < 1.29 is 13.9 Å². The van der Waals surface area contributed by atoms with E-state index in [1.165, 1.54) is 11.8 Å². The van der Waals surface area contributed by atoms with E-state index in [1.807, 2.05) is 54.6 Å². The second-order valence-corrected chi connectivity index (χ2v) is 7.21. The molecule has 0 aliphatic rings. The maximum atomic E-state index is 12.0. The molecule has 0 aliphatic heterocycles. The minimum atomic E-state index is -0.197. The molecule has 0 saturated carbocycles. The molecule has 2 aromatic carbocycles. The van der Waals surface area contributed by atoms with Gasteiger partial charge in [-0.2, -0.15) is 0 Å². The number of hydrogen-bond donors (Lipinski definition) is 1. The summed E-state index contributed by atoms with van der Waals surface area (Å²) in [7, 11) is 1.62. The fourth-order valence-electron chi connectivity index (χ4n) is 2.00. The molecular weight excluding hydrogens is 370 g/mol. The molecule has 6 nitrogen and oxygen atoms in total. The van der Waals surface area contributed by atoms with Crippen LogP contribution in [0.5, 0.6) is 5.75 Å². The lowest BCUT2D eigenvalue weighted by atomic mass is 10.3. The number of anilines is 1. The standard InChI is InChI=1S/C18H17N3O3S2/c1-23-13-7-9-15(10-8-13)25-11-16(22)19-18-21-20-17(24-18)12-26-14-5-3-2-4-6-14/h2-10H,11-12H2,1H3,(H,19,21,22). The van der Waals surface area contributed by atoms with Crippen molar-refractivity contribution in [2.45, 2.75) is 15.5 Å². The van der Waals surface area contributed by atoms with E-state index in [4.69, 9.17) is 9.15 Å². The lowest BCUT2D eigenvalue weighted by molar-refractivity contribution is -0.113. The number of carbonyl (C=O) groups is 1. The summed E-state index contributed by atoms with van der Waals surface area (Å²) in [4.78, 5) is 14.1. The van der Waals surface area contributed by atoms with Crippen LogP contribution in [0.2, 0.25) is 0 Å². The van der Waals surface area contributed by atoms with Gasteiger partial charge in [-0.1, -0.05) is 23.3 Å². The molecule has 8 heteroatoms. The second-order valence-electron chi connectivity index (χ2n) is 5.12. The first-order chi connectivity index (χ1) is 12.7. The molecule has 0 saturated heterocycles. The molecule has 0 unspecified atom stereocenters. The van der Waals surface area contributed by atoms with Gasteiger partial charge in [-0.15, -0.1) is 28.6 Å². The zero-order valence-corrected chi connectivity index (χ0v) is 15.7. The first-order valence-electron chi connectivity index (χ1n) is 7.80. The number of ether oxygens (including phenoxy) is 1. The topological polar surface area (TPSA) is 77.2 Å². The van der Waals surface area contributed by atoms with E-state index in [-0.39, 0.29) is 17.7 Å². The van der Waals surface area contributed by atoms with Gasteiger partial charge in [0.05, 0.1) is 18.6 Å². The van der Waals surface area contributed by atoms with E-state index in [2.05, 4.69) is 15.5 Å². The minimum absolute atomic E-state index is 0.119. The number of rotatable bonds is 8. The molecule has 3 aromatic rings. The van der Waals surface area contributed by atoms with Gasteiger partial charge in [-0.25, -0.2) is 0 Å². The largest absolute Gasteiger partial charge is 0.497 e. The van der Waals surface area contributed by atoms with Crippen LogP contribution in [0.15, 0.2) is 68.8 Å². The van der Waals surface area contributed by atoms with Gasteiger partial charge in [-0.05, 0) is 36.4 Å². The number of thioether (sulfide) groups is 2. The van der Waals surface area contributed by atoms with Crippen molar-refractivity contribution in [1.29, 1.82) is 0 Å². The average molecular weight is 387 g/mol. The Morgan fingerprint density at radius 2 is 1.77 bits per heavy atom. The van der Waals surface area contributed by atoms with Gasteiger partial charge < -0.3 is 9.15 Å². The maximum Gasteiger partial charge on any atom is 0.322 e. The van der Waals surface area contributed by atoms with E-state index < -0.39 is 0 Å². The van der Waals surface area contributed by atoms with E-state index in [1.54, 1.807) is 18.9 Å². The Morgan fingerprint density at radius 1 is 1.04 bits per heavy atom. The van der Waals surface area contributed by atoms with Crippen molar-refractivity contribution in [1.82, 2.24) is 10.2 Å². The predicted octanol–water partition coefficient (Wildman–Crippen LogP) is 4.10. The van der Waals surface area contributed by atoms with Gasteiger partial charge in [0.25, 0.3) is 0 Å². The molecule has 0 atom stereocenters. The number of benzene rings is 2. The SMILES string of the molecule is COc1ccc(SCC(=O)Nc2nnc(CSc3ccccc3)o2)cc1. The summed E-state index contributed by atoms with van der Waals surface area (Å²) in [6.45, 7) is 0. The monoisotopic (exact) mass is 387 g/mol. The van der Waals surface area contributed by atoms with Crippen LogP contribution in [0.4, 0.5) is 6.01 Å². The van der Waals surface area contributed by atoms with Crippen LogP contribution >= 0.6 is 23.5 Å². The lowest BCUT2D eigenvalue weighted by Gasteiger charge is -2.03. The Hall–Kier alpha value is -2.45. The molecule has 1 heterocycles. The zero-order valence-electron chi connectivity index (χ0n) is 14.0. The quantitative estimate of drug-likeness (QED) is 0.583. The van der Waals surface area contributed by atoms with Crippen LogP contribution in [0.3, 0.4) is 0 Å². The molecule has 0 radical (unpaired) electrons. The number of nitrogens with one attached hydrogen (secondary N) is 1. The van der Waals surface area contributed by atoms with Gasteiger partial charge >= 0.3 is 6.01 Å². The van der Waals surface area contributed by atoms with Crippen molar-refractivity contribution in [2.75, 3.05) is 18.2 Å². The number of amides is 1. The van der Waals surface area contributed by atoms with Gasteiger partial charge in [0.2, 0.25) is 11.8 Å². The molecular formula is C18H17N3O3S2. The molecule has 0 aliphatic carbocycles. The van der Waals surface area contributed by atoms with E-state index >= 15 is 0 Å². The van der Waals surface area contributed by atoms with Gasteiger partial charge in [0, 0.05) is 9.79 Å². The normalized spacial score (nSPS) is 10.5. The molecule has 1 amide bonds. The first kappa shape index (κ1) is 18.3. The Labute approximate surface area is 159 Å². The molecule has 3 rings (SSSR count). The number of carbonyl (C=O) groups excluding carboxylic acids is 1. The Balaban J connectivity index is 1.44. The lowest BCUT2D eigenvalue weighted by Crippen LogP contribution is -2.14. The van der Waals surface area contributed by atoms with Crippen LogP contribution in [0.25, 0.3) is 0 Å². The molecule has 0 bridgehead atoms. The Bertz CT molecular complexity index is 838. The number of methoxy groups -OCH3 is 1. The van der Waals surface area contributed by atoms with Crippen LogP contribution in [0.1, 0.15) is 5.89 Å². The summed E-state index contributed by atoms with van der Waals surface area (Å²) in [6.07, 6.45) is 0. The third kappa shape index (κ3) is 5.53. The van der Waals surface area contributed by atoms with Crippen molar-refractivity contribution in [3.8, 4) is 5.75 Å². The summed E-state index contributed by atoms with van der Waals surface area (Å²) >= 11 is 3.01. The number of aromatic nitrogens is 2. The van der Waals surface area contributed by atoms with Crippen molar-refractivity contribution in [3.05, 3.63) is 60.5 Å². The van der Waals surface area contributed by atoms with Crippen LogP contribution in [0, 0.1) is 0 Å². The molecule has 1 N–H and O–H groups in total. The molecule has 1 aromatic heterocycles. The summed E-state index contributed by atoms with van der Waals surface area (Å²) in [5, 5.41) is 10.4. The molecule has 26 heavy (non-hydrogen) atoms. The summed E-state index contributed by atoms with van der Waals surface area (Å²) in [5.41, 5.74) is 0. The van der Waals surface area contributed by atoms with Crippen LogP contribution < -0.4 is 10.1 Å². The van der Waals surface area contributed by atoms with E-state index in [0.29, 0.717) is 11.6 Å². The van der Waals surface area contributed by atoms with Gasteiger partial charge in [-0.3, -0.25) is 10.1 Å². The highest BCUT2D eigenvalue weighted by Gasteiger charge is 2.10. The third-order valence-corrected chi connectivity index (χ3v) is 5.26.